The molecule has 0 unspecified atom stereocenters. The molecule has 0 aliphatic carbocycles. The lowest BCUT2D eigenvalue weighted by Crippen LogP contribution is -2.21. The normalized spacial score (nSPS) is 11.2. The van der Waals surface area contributed by atoms with Crippen LogP contribution in [-0.2, 0) is 0 Å². The van der Waals surface area contributed by atoms with Gasteiger partial charge in [0.25, 0.3) is 0 Å². The minimum Gasteiger partial charge on any atom is -0.363 e. The monoisotopic (exact) mass is 448 g/mol. The lowest BCUT2D eigenvalue weighted by Gasteiger charge is -2.13. The van der Waals surface area contributed by atoms with Crippen molar-refractivity contribution in [2.45, 2.75) is 0 Å². The van der Waals surface area contributed by atoms with E-state index in [1.165, 1.54) is 0 Å². The molecule has 0 radical (unpaired) electrons. The van der Waals surface area contributed by atoms with E-state index in [2.05, 4.69) is 58.5 Å². The van der Waals surface area contributed by atoms with E-state index >= 15 is 0 Å². The van der Waals surface area contributed by atoms with Crippen molar-refractivity contribution in [3.63, 3.8) is 0 Å². The highest BCUT2D eigenvalue weighted by atomic mass is 15.1. The molecule has 0 bridgehead atoms. The molecule has 0 amide bonds. The summed E-state index contributed by atoms with van der Waals surface area (Å²) >= 11 is 0. The van der Waals surface area contributed by atoms with Crippen molar-refractivity contribution in [3.05, 3.63) is 83.9 Å². The summed E-state index contributed by atoms with van der Waals surface area (Å²) in [6, 6.07) is 25.0. The fraction of sp³-hybridized carbons (Fsp3) is 0.143. The second-order valence-electron chi connectivity index (χ2n) is 9.04. The van der Waals surface area contributed by atoms with Gasteiger partial charge in [0.1, 0.15) is 11.7 Å². The van der Waals surface area contributed by atoms with Crippen LogP contribution in [0.2, 0.25) is 0 Å². The molecule has 0 aliphatic rings. The number of amidine groups is 2. The molecule has 170 valence electrons. The number of nitrogens with one attached hydrogen (secondary N) is 4. The molecule has 0 aliphatic heterocycles. The van der Waals surface area contributed by atoms with Crippen LogP contribution in [0.3, 0.4) is 0 Å². The summed E-state index contributed by atoms with van der Waals surface area (Å²) in [5.41, 5.74) is 8.11. The molecule has 6 heteroatoms. The van der Waals surface area contributed by atoms with Crippen molar-refractivity contribution in [3.8, 4) is 22.5 Å². The maximum absolute atomic E-state index is 8.25. The number of benzene rings is 3. The first-order valence-corrected chi connectivity index (χ1v) is 11.2. The number of aromatic amines is 2. The predicted molar refractivity (Wildman–Crippen MR) is 142 cm³/mol. The van der Waals surface area contributed by atoms with Crippen molar-refractivity contribution in [2.24, 2.45) is 0 Å². The van der Waals surface area contributed by atoms with Gasteiger partial charge in [-0.25, -0.2) is 0 Å². The van der Waals surface area contributed by atoms with E-state index in [0.29, 0.717) is 11.7 Å². The fourth-order valence-corrected chi connectivity index (χ4v) is 4.23. The highest BCUT2D eigenvalue weighted by Crippen LogP contribution is 2.30. The van der Waals surface area contributed by atoms with Crippen molar-refractivity contribution in [1.82, 2.24) is 19.8 Å². The Balaban J connectivity index is 1.50. The van der Waals surface area contributed by atoms with Gasteiger partial charge in [-0.15, -0.1) is 0 Å². The van der Waals surface area contributed by atoms with E-state index in [1.807, 2.05) is 52.5 Å². The van der Waals surface area contributed by atoms with Crippen LogP contribution in [0.4, 0.5) is 0 Å². The third-order valence-corrected chi connectivity index (χ3v) is 6.17. The minimum absolute atomic E-state index is 0.489. The lowest BCUT2D eigenvalue weighted by molar-refractivity contribution is 0.619. The van der Waals surface area contributed by atoms with Gasteiger partial charge in [-0.05, 0) is 41.5 Å². The molecule has 0 saturated carbocycles. The average molecular weight is 449 g/mol. The summed E-state index contributed by atoms with van der Waals surface area (Å²) < 4.78 is 0. The molecule has 34 heavy (non-hydrogen) atoms. The largest absolute Gasteiger partial charge is 0.363 e. The van der Waals surface area contributed by atoms with Crippen LogP contribution in [0.5, 0.6) is 0 Å². The zero-order valence-corrected chi connectivity index (χ0v) is 19.8. The Morgan fingerprint density at radius 2 is 1.03 bits per heavy atom. The average Bonchev–Trinajstić information content (AvgIpc) is 3.46. The smallest absolute Gasteiger partial charge is 0.127 e. The van der Waals surface area contributed by atoms with Crippen LogP contribution < -0.4 is 0 Å². The Labute approximate surface area is 198 Å². The Morgan fingerprint density at radius 3 is 1.44 bits per heavy atom. The summed E-state index contributed by atoms with van der Waals surface area (Å²) in [6.45, 7) is 0. The lowest BCUT2D eigenvalue weighted by atomic mass is 10.1. The molecule has 2 heterocycles. The van der Waals surface area contributed by atoms with Crippen LogP contribution >= 0.6 is 0 Å². The van der Waals surface area contributed by atoms with Gasteiger partial charge in [-0.1, -0.05) is 42.5 Å². The number of fused-ring (bicyclic) bond motifs is 2. The molecule has 4 N–H and O–H groups in total. The Hall–Kier alpha value is -4.32. The number of hydrogen-bond acceptors (Lipinski definition) is 2. The summed E-state index contributed by atoms with van der Waals surface area (Å²) in [4.78, 5) is 10.7. The van der Waals surface area contributed by atoms with E-state index in [0.717, 1.165) is 55.4 Å². The topological polar surface area (TPSA) is 85.8 Å². The SMILES string of the molecule is CN(C)C(=N)c1ccc2cc(-c3cccc(-c4cc5ccc(C(=N)N(C)C)cc5[nH]4)c3)[nH]c2c1. The molecule has 6 nitrogen and oxygen atoms in total. The zero-order chi connectivity index (χ0) is 24.0. The van der Waals surface area contributed by atoms with Crippen LogP contribution in [0, 0.1) is 10.8 Å². The number of aromatic nitrogens is 2. The van der Waals surface area contributed by atoms with Crippen LogP contribution in [0.15, 0.2) is 72.8 Å². The van der Waals surface area contributed by atoms with Gasteiger partial charge in [0.15, 0.2) is 0 Å². The third kappa shape index (κ3) is 3.83. The van der Waals surface area contributed by atoms with Crippen molar-refractivity contribution in [2.75, 3.05) is 28.2 Å². The van der Waals surface area contributed by atoms with Crippen LogP contribution in [0.1, 0.15) is 11.1 Å². The highest BCUT2D eigenvalue weighted by Gasteiger charge is 2.11. The van der Waals surface area contributed by atoms with E-state index in [1.54, 1.807) is 9.80 Å². The van der Waals surface area contributed by atoms with Gasteiger partial charge in [-0.2, -0.15) is 0 Å². The number of H-pyrrole nitrogens is 2. The van der Waals surface area contributed by atoms with Gasteiger partial charge in [0.05, 0.1) is 0 Å². The van der Waals surface area contributed by atoms with E-state index in [4.69, 9.17) is 10.8 Å². The van der Waals surface area contributed by atoms with Crippen LogP contribution in [-0.4, -0.2) is 59.6 Å². The first-order valence-electron chi connectivity index (χ1n) is 11.2. The highest BCUT2D eigenvalue weighted by molar-refractivity contribution is 6.01. The first-order chi connectivity index (χ1) is 16.3. The maximum atomic E-state index is 8.25. The molecule has 3 aromatic carbocycles. The van der Waals surface area contributed by atoms with Gasteiger partial charge < -0.3 is 19.8 Å². The second-order valence-corrected chi connectivity index (χ2v) is 9.04. The minimum atomic E-state index is 0.489. The second kappa shape index (κ2) is 8.23. The Bertz CT molecular complexity index is 1440. The van der Waals surface area contributed by atoms with Crippen molar-refractivity contribution >= 4 is 33.5 Å². The van der Waals surface area contributed by atoms with E-state index < -0.39 is 0 Å². The van der Waals surface area contributed by atoms with Gasteiger partial charge >= 0.3 is 0 Å². The molecule has 2 aromatic heterocycles. The Kier molecular flexibility index (Phi) is 5.21. The number of nitrogens with zero attached hydrogens (tertiary/aromatic N) is 2. The van der Waals surface area contributed by atoms with E-state index in [9.17, 15) is 0 Å². The van der Waals surface area contributed by atoms with Gasteiger partial charge in [0, 0.05) is 72.5 Å². The fourth-order valence-electron chi connectivity index (χ4n) is 4.23. The Morgan fingerprint density at radius 1 is 0.588 bits per heavy atom. The van der Waals surface area contributed by atoms with E-state index in [-0.39, 0.29) is 0 Å². The molecule has 0 fully saturated rings. The molecule has 0 atom stereocenters. The molecule has 5 aromatic rings. The molecular weight excluding hydrogens is 420 g/mol. The third-order valence-electron chi connectivity index (χ3n) is 6.17. The van der Waals surface area contributed by atoms with Gasteiger partial charge in [-0.3, -0.25) is 10.8 Å². The van der Waals surface area contributed by atoms with Crippen molar-refractivity contribution < 1.29 is 0 Å². The van der Waals surface area contributed by atoms with Crippen molar-refractivity contribution in [1.29, 1.82) is 10.8 Å². The number of hydrogen-bond donors (Lipinski definition) is 4. The number of rotatable bonds is 4. The summed E-state index contributed by atoms with van der Waals surface area (Å²) in [5.74, 6) is 0.977. The maximum Gasteiger partial charge on any atom is 0.127 e. The summed E-state index contributed by atoms with van der Waals surface area (Å²) in [5, 5.41) is 18.7. The summed E-state index contributed by atoms with van der Waals surface area (Å²) in [6.07, 6.45) is 0. The molecule has 5 rings (SSSR count). The molecule has 0 spiro atoms. The quantitative estimate of drug-likeness (QED) is 0.208. The zero-order valence-electron chi connectivity index (χ0n) is 19.8. The molecule has 0 saturated heterocycles. The van der Waals surface area contributed by atoms with Gasteiger partial charge in [0.2, 0.25) is 0 Å². The standard InChI is InChI=1S/C28H28N6/c1-33(2)27(29)21-10-8-19-13-23(31-25(19)15-21)17-6-5-7-18(12-17)24-14-20-9-11-22(16-26(20)32-24)28(30)34(3)4/h5-16,29-32H,1-4H3. The summed E-state index contributed by atoms with van der Waals surface area (Å²) in [7, 11) is 7.54. The van der Waals surface area contributed by atoms with Crippen LogP contribution in [0.25, 0.3) is 44.3 Å². The predicted octanol–water partition coefficient (Wildman–Crippen LogP) is 5.76. The molecular formula is C28H28N6. The first kappa shape index (κ1) is 21.5.